The Balaban J connectivity index is 4.43. The van der Waals surface area contributed by atoms with Crippen LogP contribution >= 0.6 is 0 Å². The van der Waals surface area contributed by atoms with Gasteiger partial charge in [-0.05, 0) is 0 Å². The number of ether oxygens (including phenoxy) is 2. The predicted molar refractivity (Wildman–Crippen MR) is 49.8 cm³/mol. The molecule has 0 rings (SSSR count). The van der Waals surface area contributed by atoms with E-state index in [0.717, 1.165) is 6.08 Å². The van der Waals surface area contributed by atoms with Gasteiger partial charge in [0.2, 0.25) is 0 Å². The van der Waals surface area contributed by atoms with Gasteiger partial charge in [-0.1, -0.05) is 6.92 Å². The summed E-state index contributed by atoms with van der Waals surface area (Å²) in [6, 6.07) is 0. The molecule has 0 aromatic rings. The maximum absolute atomic E-state index is 10.8. The molecule has 0 radical (unpaired) electrons. The zero-order valence-corrected chi connectivity index (χ0v) is 8.56. The highest BCUT2D eigenvalue weighted by atomic mass is 16.5. The van der Waals surface area contributed by atoms with Crippen LogP contribution < -0.4 is 0 Å². The first-order valence-electron chi connectivity index (χ1n) is 4.19. The van der Waals surface area contributed by atoms with Crippen molar-refractivity contribution in [3.8, 4) is 0 Å². The van der Waals surface area contributed by atoms with E-state index < -0.39 is 18.0 Å². The second-order valence-corrected chi connectivity index (χ2v) is 2.84. The van der Waals surface area contributed by atoms with E-state index in [-0.39, 0.29) is 12.4 Å². The SMILES string of the molecule is COC(=O)/C=C(\O)[C@H](C)[C@H](CO)OC. The molecule has 0 aliphatic heterocycles. The fourth-order valence-corrected chi connectivity index (χ4v) is 0.938. The number of carbonyl (C=O) groups is 1. The first kappa shape index (κ1) is 12.9. The number of rotatable bonds is 5. The molecule has 0 bridgehead atoms. The maximum atomic E-state index is 10.8. The van der Waals surface area contributed by atoms with E-state index >= 15 is 0 Å². The number of aliphatic hydroxyl groups excluding tert-OH is 2. The minimum Gasteiger partial charge on any atom is -0.512 e. The molecule has 2 N–H and O–H groups in total. The molecule has 0 spiro atoms. The average molecular weight is 204 g/mol. The third-order valence-corrected chi connectivity index (χ3v) is 1.97. The normalized spacial score (nSPS) is 16.1. The van der Waals surface area contributed by atoms with E-state index in [1.807, 2.05) is 0 Å². The van der Waals surface area contributed by atoms with Gasteiger partial charge in [0.25, 0.3) is 0 Å². The van der Waals surface area contributed by atoms with E-state index in [9.17, 15) is 9.90 Å². The Morgan fingerprint density at radius 2 is 2.07 bits per heavy atom. The first-order chi connectivity index (χ1) is 6.56. The van der Waals surface area contributed by atoms with Gasteiger partial charge in [0.05, 0.1) is 25.9 Å². The van der Waals surface area contributed by atoms with E-state index in [1.54, 1.807) is 6.92 Å². The van der Waals surface area contributed by atoms with Crippen LogP contribution in [0.2, 0.25) is 0 Å². The molecule has 0 aliphatic rings. The van der Waals surface area contributed by atoms with Gasteiger partial charge in [-0.2, -0.15) is 0 Å². The summed E-state index contributed by atoms with van der Waals surface area (Å²) in [6.45, 7) is 1.41. The third kappa shape index (κ3) is 3.76. The molecule has 0 amide bonds. The van der Waals surface area contributed by atoms with Crippen LogP contribution in [0.5, 0.6) is 0 Å². The smallest absolute Gasteiger partial charge is 0.333 e. The van der Waals surface area contributed by atoms with Crippen molar-refractivity contribution in [2.75, 3.05) is 20.8 Å². The molecule has 0 heterocycles. The van der Waals surface area contributed by atoms with Crippen molar-refractivity contribution in [2.24, 2.45) is 5.92 Å². The summed E-state index contributed by atoms with van der Waals surface area (Å²) in [5.41, 5.74) is 0. The molecule has 0 aromatic heterocycles. The van der Waals surface area contributed by atoms with Crippen molar-refractivity contribution >= 4 is 5.97 Å². The summed E-state index contributed by atoms with van der Waals surface area (Å²) in [5, 5.41) is 18.3. The van der Waals surface area contributed by atoms with Crippen molar-refractivity contribution in [2.45, 2.75) is 13.0 Å². The molecule has 0 aliphatic carbocycles. The standard InChI is InChI=1S/C9H16O5/c1-6(8(5-10)13-2)7(11)4-9(12)14-3/h4,6,8,10-11H,5H2,1-3H3/b7-4-/t6-,8-/m0/s1. The van der Waals surface area contributed by atoms with Gasteiger partial charge in [0.15, 0.2) is 0 Å². The zero-order valence-electron chi connectivity index (χ0n) is 8.56. The fraction of sp³-hybridized carbons (Fsp3) is 0.667. The van der Waals surface area contributed by atoms with Crippen LogP contribution in [0.3, 0.4) is 0 Å². The van der Waals surface area contributed by atoms with Gasteiger partial charge < -0.3 is 19.7 Å². The summed E-state index contributed by atoms with van der Waals surface area (Å²) in [5.74, 6) is -1.26. The number of methoxy groups -OCH3 is 2. The van der Waals surface area contributed by atoms with Crippen molar-refractivity contribution in [3.63, 3.8) is 0 Å². The number of hydrogen-bond acceptors (Lipinski definition) is 5. The molecule has 2 atom stereocenters. The monoisotopic (exact) mass is 204 g/mol. The van der Waals surface area contributed by atoms with Crippen LogP contribution in [0.15, 0.2) is 11.8 Å². The van der Waals surface area contributed by atoms with Crippen molar-refractivity contribution < 1.29 is 24.5 Å². The Morgan fingerprint density at radius 3 is 2.43 bits per heavy atom. The van der Waals surface area contributed by atoms with Crippen LogP contribution in [0.1, 0.15) is 6.92 Å². The number of aliphatic hydroxyl groups is 2. The minimum atomic E-state index is -0.637. The molecular formula is C9H16O5. The molecule has 0 saturated carbocycles. The van der Waals surface area contributed by atoms with Crippen LogP contribution in [0, 0.1) is 5.92 Å². The molecular weight excluding hydrogens is 188 g/mol. The molecule has 5 nitrogen and oxygen atoms in total. The topological polar surface area (TPSA) is 76.0 Å². The Labute approximate surface area is 82.9 Å². The van der Waals surface area contributed by atoms with E-state index in [0.29, 0.717) is 0 Å². The first-order valence-corrected chi connectivity index (χ1v) is 4.19. The molecule has 14 heavy (non-hydrogen) atoms. The summed E-state index contributed by atoms with van der Waals surface area (Å²) < 4.78 is 9.23. The lowest BCUT2D eigenvalue weighted by Crippen LogP contribution is -2.26. The Hall–Kier alpha value is -1.07. The van der Waals surface area contributed by atoms with E-state index in [4.69, 9.17) is 9.84 Å². The highest BCUT2D eigenvalue weighted by Gasteiger charge is 2.20. The van der Waals surface area contributed by atoms with Crippen LogP contribution in [0.4, 0.5) is 0 Å². The number of hydrogen-bond donors (Lipinski definition) is 2. The second kappa shape index (κ2) is 6.39. The second-order valence-electron chi connectivity index (χ2n) is 2.84. The zero-order chi connectivity index (χ0) is 11.1. The summed E-state index contributed by atoms with van der Waals surface area (Å²) in [6.07, 6.45) is 0.433. The van der Waals surface area contributed by atoms with Gasteiger partial charge >= 0.3 is 5.97 Å². The summed E-state index contributed by atoms with van der Waals surface area (Å²) >= 11 is 0. The predicted octanol–water partition coefficient (Wildman–Crippen LogP) is 0.245. The maximum Gasteiger partial charge on any atom is 0.333 e. The number of esters is 1. The van der Waals surface area contributed by atoms with Gasteiger partial charge in [-0.15, -0.1) is 0 Å². The average Bonchev–Trinajstić information content (AvgIpc) is 2.19. The number of carbonyl (C=O) groups excluding carboxylic acids is 1. The fourth-order valence-electron chi connectivity index (χ4n) is 0.938. The lowest BCUT2D eigenvalue weighted by Gasteiger charge is -2.19. The Bertz CT molecular complexity index is 207. The molecule has 0 aromatic carbocycles. The van der Waals surface area contributed by atoms with Crippen molar-refractivity contribution in [3.05, 3.63) is 11.8 Å². The summed E-state index contributed by atoms with van der Waals surface area (Å²) in [7, 11) is 2.64. The van der Waals surface area contributed by atoms with Gasteiger partial charge in [0.1, 0.15) is 5.76 Å². The molecule has 0 fully saturated rings. The summed E-state index contributed by atoms with van der Waals surface area (Å²) in [4.78, 5) is 10.8. The largest absolute Gasteiger partial charge is 0.512 e. The van der Waals surface area contributed by atoms with Gasteiger partial charge in [-0.3, -0.25) is 0 Å². The molecule has 0 saturated heterocycles. The van der Waals surface area contributed by atoms with Crippen LogP contribution in [0.25, 0.3) is 0 Å². The van der Waals surface area contributed by atoms with E-state index in [2.05, 4.69) is 4.74 Å². The van der Waals surface area contributed by atoms with E-state index in [1.165, 1.54) is 14.2 Å². The van der Waals surface area contributed by atoms with Gasteiger partial charge in [-0.25, -0.2) is 4.79 Å². The Morgan fingerprint density at radius 1 is 1.50 bits per heavy atom. The van der Waals surface area contributed by atoms with Crippen LogP contribution in [-0.2, 0) is 14.3 Å². The quantitative estimate of drug-likeness (QED) is 0.381. The third-order valence-electron chi connectivity index (χ3n) is 1.97. The van der Waals surface area contributed by atoms with Gasteiger partial charge in [0, 0.05) is 13.0 Å². The lowest BCUT2D eigenvalue weighted by atomic mass is 10.0. The Kier molecular flexibility index (Phi) is 5.91. The highest BCUT2D eigenvalue weighted by molar-refractivity contribution is 5.82. The van der Waals surface area contributed by atoms with Crippen molar-refractivity contribution in [1.29, 1.82) is 0 Å². The molecule has 5 heteroatoms. The minimum absolute atomic E-state index is 0.169. The van der Waals surface area contributed by atoms with Crippen molar-refractivity contribution in [1.82, 2.24) is 0 Å². The molecule has 0 unspecified atom stereocenters. The highest BCUT2D eigenvalue weighted by Crippen LogP contribution is 2.14. The lowest BCUT2D eigenvalue weighted by molar-refractivity contribution is -0.135. The molecule has 82 valence electrons. The van der Waals surface area contributed by atoms with Crippen LogP contribution in [-0.4, -0.2) is 43.1 Å².